The molecule has 0 aliphatic rings. The molecule has 0 atom stereocenters. The van der Waals surface area contributed by atoms with Crippen molar-refractivity contribution in [1.82, 2.24) is 0 Å². The first kappa shape index (κ1) is 19.8. The lowest BCUT2D eigenvalue weighted by Crippen LogP contribution is -2.21. The van der Waals surface area contributed by atoms with Gasteiger partial charge in [-0.2, -0.15) is 0 Å². The average Bonchev–Trinajstić information content (AvgIpc) is 2.65. The molecule has 0 fully saturated rings. The molecule has 0 spiro atoms. The maximum absolute atomic E-state index is 12.1. The molecule has 7 nitrogen and oxygen atoms in total. The van der Waals surface area contributed by atoms with Crippen molar-refractivity contribution in [3.63, 3.8) is 0 Å². The second-order valence-corrected chi connectivity index (χ2v) is 6.66. The van der Waals surface area contributed by atoms with Crippen LogP contribution >= 0.6 is 23.5 Å². The van der Waals surface area contributed by atoms with Crippen LogP contribution in [0.25, 0.3) is 0 Å². The number of esters is 1. The number of thioether (sulfide) groups is 2. The number of para-hydroxylation sites is 1. The van der Waals surface area contributed by atoms with Crippen molar-refractivity contribution in [3.05, 3.63) is 58.1 Å². The standard InChI is InChI=1S/C17H16N2O5S2/c1-25-14-6-4-3-5-12(14)18-16(20)10-24-17(21)11-7-8-15(26-2)13(9-11)19(22)23/h3-9H,10H2,1-2H3,(H,18,20). The normalized spacial score (nSPS) is 10.2. The van der Waals surface area contributed by atoms with Gasteiger partial charge in [0.15, 0.2) is 6.61 Å². The predicted molar refractivity (Wildman–Crippen MR) is 102 cm³/mol. The van der Waals surface area contributed by atoms with Gasteiger partial charge in [0.25, 0.3) is 11.6 Å². The summed E-state index contributed by atoms with van der Waals surface area (Å²) in [6.45, 7) is -0.486. The summed E-state index contributed by atoms with van der Waals surface area (Å²) in [5, 5.41) is 13.7. The van der Waals surface area contributed by atoms with E-state index in [-0.39, 0.29) is 11.3 Å². The number of nitrogens with zero attached hydrogens (tertiary/aromatic N) is 1. The van der Waals surface area contributed by atoms with Crippen molar-refractivity contribution in [2.75, 3.05) is 24.4 Å². The number of carbonyl (C=O) groups excluding carboxylic acids is 2. The third-order valence-electron chi connectivity index (χ3n) is 3.33. The Balaban J connectivity index is 2.01. The van der Waals surface area contributed by atoms with Gasteiger partial charge >= 0.3 is 5.97 Å². The first-order valence-electron chi connectivity index (χ1n) is 7.38. The number of nitro benzene ring substituents is 1. The number of ether oxygens (including phenoxy) is 1. The molecule has 26 heavy (non-hydrogen) atoms. The van der Waals surface area contributed by atoms with Gasteiger partial charge in [0.2, 0.25) is 0 Å². The number of hydrogen-bond acceptors (Lipinski definition) is 7. The summed E-state index contributed by atoms with van der Waals surface area (Å²) in [5.74, 6) is -1.29. The van der Waals surface area contributed by atoms with E-state index in [1.165, 1.54) is 35.7 Å². The lowest BCUT2D eigenvalue weighted by Gasteiger charge is -2.10. The summed E-state index contributed by atoms with van der Waals surface area (Å²) in [6, 6.07) is 11.3. The van der Waals surface area contributed by atoms with Crippen molar-refractivity contribution in [2.24, 2.45) is 0 Å². The number of hydrogen-bond donors (Lipinski definition) is 1. The van der Waals surface area contributed by atoms with Crippen molar-refractivity contribution in [3.8, 4) is 0 Å². The molecule has 2 rings (SSSR count). The number of anilines is 1. The minimum absolute atomic E-state index is 0.0202. The highest BCUT2D eigenvalue weighted by atomic mass is 32.2. The van der Waals surface area contributed by atoms with Crippen molar-refractivity contribution >= 4 is 46.8 Å². The first-order chi connectivity index (χ1) is 12.5. The molecule has 0 aliphatic carbocycles. The summed E-state index contributed by atoms with van der Waals surface area (Å²) in [4.78, 5) is 35.9. The SMILES string of the molecule is CSc1ccccc1NC(=O)COC(=O)c1ccc(SC)c([N+](=O)[O-])c1. The molecule has 9 heteroatoms. The Labute approximate surface area is 158 Å². The Kier molecular flexibility index (Phi) is 7.05. The van der Waals surface area contributed by atoms with E-state index >= 15 is 0 Å². The molecular formula is C17H16N2O5S2. The summed E-state index contributed by atoms with van der Waals surface area (Å²) in [5.41, 5.74) is 0.470. The van der Waals surface area contributed by atoms with E-state index in [2.05, 4.69) is 5.32 Å². The van der Waals surface area contributed by atoms with Gasteiger partial charge in [0, 0.05) is 11.0 Å². The minimum Gasteiger partial charge on any atom is -0.452 e. The highest BCUT2D eigenvalue weighted by molar-refractivity contribution is 7.99. The lowest BCUT2D eigenvalue weighted by atomic mass is 10.2. The van der Waals surface area contributed by atoms with E-state index in [9.17, 15) is 19.7 Å². The summed E-state index contributed by atoms with van der Waals surface area (Å²) in [6.07, 6.45) is 3.59. The third kappa shape index (κ3) is 4.99. The number of amides is 1. The van der Waals surface area contributed by atoms with Gasteiger partial charge in [-0.1, -0.05) is 12.1 Å². The molecule has 0 saturated carbocycles. The Morgan fingerprint density at radius 2 is 1.81 bits per heavy atom. The van der Waals surface area contributed by atoms with Gasteiger partial charge in [-0.3, -0.25) is 14.9 Å². The molecule has 0 radical (unpaired) electrons. The molecule has 0 heterocycles. The average molecular weight is 392 g/mol. The molecule has 0 unspecified atom stereocenters. The van der Waals surface area contributed by atoms with E-state index in [1.54, 1.807) is 18.4 Å². The van der Waals surface area contributed by atoms with E-state index in [0.29, 0.717) is 10.6 Å². The molecule has 1 amide bonds. The number of nitrogens with one attached hydrogen (secondary N) is 1. The highest BCUT2D eigenvalue weighted by Crippen LogP contribution is 2.28. The van der Waals surface area contributed by atoms with Crippen LogP contribution in [0, 0.1) is 10.1 Å². The van der Waals surface area contributed by atoms with Crippen LogP contribution in [-0.2, 0) is 9.53 Å². The van der Waals surface area contributed by atoms with E-state index < -0.39 is 23.4 Å². The molecular weight excluding hydrogens is 376 g/mol. The molecule has 0 aromatic heterocycles. The van der Waals surface area contributed by atoms with Gasteiger partial charge in [-0.25, -0.2) is 4.79 Å². The number of nitro groups is 1. The number of carbonyl (C=O) groups is 2. The van der Waals surface area contributed by atoms with Gasteiger partial charge in [-0.15, -0.1) is 23.5 Å². The number of benzene rings is 2. The summed E-state index contributed by atoms with van der Waals surface area (Å²) in [7, 11) is 0. The van der Waals surface area contributed by atoms with Gasteiger partial charge in [0.05, 0.1) is 21.1 Å². The molecule has 0 aliphatic heterocycles. The number of rotatable bonds is 7. The fourth-order valence-corrected chi connectivity index (χ4v) is 3.21. The van der Waals surface area contributed by atoms with Crippen molar-refractivity contribution < 1.29 is 19.2 Å². The van der Waals surface area contributed by atoms with E-state index in [1.807, 2.05) is 18.4 Å². The van der Waals surface area contributed by atoms with Gasteiger partial charge in [0.1, 0.15) is 0 Å². The summed E-state index contributed by atoms with van der Waals surface area (Å²) < 4.78 is 4.96. The van der Waals surface area contributed by atoms with Crippen LogP contribution in [0.5, 0.6) is 0 Å². The second-order valence-electron chi connectivity index (χ2n) is 4.97. The van der Waals surface area contributed by atoms with Crippen molar-refractivity contribution in [1.29, 1.82) is 0 Å². The largest absolute Gasteiger partial charge is 0.452 e. The zero-order chi connectivity index (χ0) is 19.1. The first-order valence-corrected chi connectivity index (χ1v) is 9.83. The van der Waals surface area contributed by atoms with Crippen LogP contribution in [0.4, 0.5) is 11.4 Å². The van der Waals surface area contributed by atoms with Crippen LogP contribution in [0.3, 0.4) is 0 Å². The molecule has 0 bridgehead atoms. The fourth-order valence-electron chi connectivity index (χ4n) is 2.11. The van der Waals surface area contributed by atoms with Crippen molar-refractivity contribution in [2.45, 2.75) is 9.79 Å². The molecule has 1 N–H and O–H groups in total. The minimum atomic E-state index is -0.797. The van der Waals surface area contributed by atoms with E-state index in [4.69, 9.17) is 4.74 Å². The van der Waals surface area contributed by atoms with Crippen LogP contribution in [-0.4, -0.2) is 35.9 Å². The quantitative estimate of drug-likeness (QED) is 0.331. The predicted octanol–water partition coefficient (Wildman–Crippen LogP) is 3.83. The van der Waals surface area contributed by atoms with Crippen LogP contribution < -0.4 is 5.32 Å². The zero-order valence-electron chi connectivity index (χ0n) is 14.1. The fraction of sp³-hybridized carbons (Fsp3) is 0.176. The lowest BCUT2D eigenvalue weighted by molar-refractivity contribution is -0.387. The molecule has 0 saturated heterocycles. The summed E-state index contributed by atoms with van der Waals surface area (Å²) >= 11 is 2.69. The molecule has 2 aromatic carbocycles. The van der Waals surface area contributed by atoms with Gasteiger partial charge < -0.3 is 10.1 Å². The second kappa shape index (κ2) is 9.25. The van der Waals surface area contributed by atoms with Crippen LogP contribution in [0.2, 0.25) is 0 Å². The third-order valence-corrected chi connectivity index (χ3v) is 4.91. The topological polar surface area (TPSA) is 98.5 Å². The Hall–Kier alpha value is -2.52. The Morgan fingerprint density at radius 1 is 1.12 bits per heavy atom. The smallest absolute Gasteiger partial charge is 0.338 e. The monoisotopic (exact) mass is 392 g/mol. The van der Waals surface area contributed by atoms with Crippen LogP contribution in [0.15, 0.2) is 52.3 Å². The maximum atomic E-state index is 12.1. The zero-order valence-corrected chi connectivity index (χ0v) is 15.7. The Bertz CT molecular complexity index is 842. The highest BCUT2D eigenvalue weighted by Gasteiger charge is 2.18. The molecule has 136 valence electrons. The van der Waals surface area contributed by atoms with Crippen LogP contribution in [0.1, 0.15) is 10.4 Å². The van der Waals surface area contributed by atoms with E-state index in [0.717, 1.165) is 11.0 Å². The van der Waals surface area contributed by atoms with Gasteiger partial charge in [-0.05, 0) is 36.8 Å². The maximum Gasteiger partial charge on any atom is 0.338 e. The Morgan fingerprint density at radius 3 is 2.46 bits per heavy atom. The molecule has 2 aromatic rings.